The van der Waals surface area contributed by atoms with Crippen molar-refractivity contribution in [1.82, 2.24) is 5.32 Å². The quantitative estimate of drug-likeness (QED) is 0.855. The molecule has 0 heterocycles. The summed E-state index contributed by atoms with van der Waals surface area (Å²) in [4.78, 5) is 22.8. The molecule has 1 amide bonds. The Morgan fingerprint density at radius 3 is 2.22 bits per heavy atom. The summed E-state index contributed by atoms with van der Waals surface area (Å²) in [6.07, 6.45) is 0.575. The number of carbonyl (C=O) groups is 2. The van der Waals surface area contributed by atoms with E-state index >= 15 is 0 Å². The molecule has 0 radical (unpaired) electrons. The average Bonchev–Trinajstić information content (AvgIpc) is 2.39. The Morgan fingerprint density at radius 2 is 1.78 bits per heavy atom. The van der Waals surface area contributed by atoms with E-state index in [9.17, 15) is 9.59 Å². The Balaban J connectivity index is 0.00000149. The normalized spacial score (nSPS) is 11.7. The zero-order valence-corrected chi connectivity index (χ0v) is 15.1. The fourth-order valence-electron chi connectivity index (χ4n) is 1.53. The van der Waals surface area contributed by atoms with Crippen LogP contribution in [-0.2, 0) is 16.0 Å². The number of carboxylic acids is 1. The van der Waals surface area contributed by atoms with Crippen molar-refractivity contribution in [2.24, 2.45) is 0 Å². The highest BCUT2D eigenvalue weighted by atomic mass is 35.5. The molecule has 1 unspecified atom stereocenters. The summed E-state index contributed by atoms with van der Waals surface area (Å²) >= 11 is 5.98. The number of benzene rings is 1. The van der Waals surface area contributed by atoms with Crippen LogP contribution in [0.2, 0.25) is 5.02 Å². The maximum absolute atomic E-state index is 11.6. The van der Waals surface area contributed by atoms with Crippen LogP contribution in [0.15, 0.2) is 24.3 Å². The molecule has 2 N–H and O–H groups in total. The minimum Gasteiger partial charge on any atom is -0.480 e. The molecule has 0 aliphatic heterocycles. The van der Waals surface area contributed by atoms with Gasteiger partial charge < -0.3 is 15.2 Å². The number of rotatable bonds is 4. The summed E-state index contributed by atoms with van der Waals surface area (Å²) in [5, 5.41) is 12.0. The van der Waals surface area contributed by atoms with Crippen LogP contribution in [0.3, 0.4) is 0 Å². The lowest BCUT2D eigenvalue weighted by atomic mass is 10.1. The number of halogens is 1. The van der Waals surface area contributed by atoms with Gasteiger partial charge in [-0.3, -0.25) is 0 Å². The molecule has 23 heavy (non-hydrogen) atoms. The smallest absolute Gasteiger partial charge is 0.408 e. The lowest BCUT2D eigenvalue weighted by Crippen LogP contribution is -2.44. The third-order valence-electron chi connectivity index (χ3n) is 2.37. The molecule has 1 aromatic carbocycles. The van der Waals surface area contributed by atoms with Crippen molar-refractivity contribution in [3.05, 3.63) is 34.9 Å². The standard InChI is InChI=1S/C14H18ClNO4.C3H8/c1-14(2,3)20-13(19)16-11(12(17)18)8-9-6-4-5-7-10(9)15;1-3-2/h4-7,11H,8H2,1-3H3,(H,16,19)(H,17,18);3H2,1-2H3. The van der Waals surface area contributed by atoms with Crippen LogP contribution in [0.4, 0.5) is 4.79 Å². The summed E-state index contributed by atoms with van der Waals surface area (Å²) in [5.41, 5.74) is -0.0324. The van der Waals surface area contributed by atoms with Crippen LogP contribution in [0.5, 0.6) is 0 Å². The zero-order valence-electron chi connectivity index (χ0n) is 14.4. The van der Waals surface area contributed by atoms with Crippen LogP contribution in [0.1, 0.15) is 46.6 Å². The van der Waals surface area contributed by atoms with Gasteiger partial charge in [0.05, 0.1) is 0 Å². The monoisotopic (exact) mass is 343 g/mol. The fourth-order valence-corrected chi connectivity index (χ4v) is 1.75. The highest BCUT2D eigenvalue weighted by Gasteiger charge is 2.24. The lowest BCUT2D eigenvalue weighted by molar-refractivity contribution is -0.139. The molecule has 1 atom stereocenters. The van der Waals surface area contributed by atoms with Crippen molar-refractivity contribution in [3.8, 4) is 0 Å². The van der Waals surface area contributed by atoms with E-state index in [1.165, 1.54) is 6.42 Å². The molecule has 6 heteroatoms. The Hall–Kier alpha value is -1.75. The predicted octanol–water partition coefficient (Wildman–Crippen LogP) is 4.28. The van der Waals surface area contributed by atoms with Crippen LogP contribution >= 0.6 is 11.6 Å². The van der Waals surface area contributed by atoms with Crippen molar-refractivity contribution in [1.29, 1.82) is 0 Å². The zero-order chi connectivity index (χ0) is 18.0. The first-order chi connectivity index (χ1) is 10.6. The number of alkyl carbamates (subject to hydrolysis) is 1. The molecule has 0 fully saturated rings. The number of amides is 1. The molecular formula is C17H26ClNO4. The van der Waals surface area contributed by atoms with Gasteiger partial charge in [-0.15, -0.1) is 0 Å². The molecule has 0 saturated heterocycles. The molecule has 1 rings (SSSR count). The Morgan fingerprint density at radius 1 is 1.26 bits per heavy atom. The van der Waals surface area contributed by atoms with Gasteiger partial charge in [0.2, 0.25) is 0 Å². The van der Waals surface area contributed by atoms with Gasteiger partial charge in [-0.2, -0.15) is 0 Å². The molecule has 0 aliphatic carbocycles. The highest BCUT2D eigenvalue weighted by Crippen LogP contribution is 2.17. The number of hydrogen-bond donors (Lipinski definition) is 2. The first-order valence-corrected chi connectivity index (χ1v) is 7.94. The minimum absolute atomic E-state index is 0.0915. The average molecular weight is 344 g/mol. The van der Waals surface area contributed by atoms with Crippen molar-refractivity contribution < 1.29 is 19.4 Å². The fraction of sp³-hybridized carbons (Fsp3) is 0.529. The molecule has 130 valence electrons. The van der Waals surface area contributed by atoms with Gasteiger partial charge in [-0.1, -0.05) is 50.1 Å². The van der Waals surface area contributed by atoms with E-state index in [-0.39, 0.29) is 6.42 Å². The van der Waals surface area contributed by atoms with Gasteiger partial charge in [0.15, 0.2) is 0 Å². The molecule has 0 aromatic heterocycles. The van der Waals surface area contributed by atoms with E-state index in [2.05, 4.69) is 19.2 Å². The minimum atomic E-state index is -1.14. The highest BCUT2D eigenvalue weighted by molar-refractivity contribution is 6.31. The molecule has 0 bridgehead atoms. The van der Waals surface area contributed by atoms with Gasteiger partial charge >= 0.3 is 12.1 Å². The Bertz CT molecular complexity index is 512. The molecule has 0 saturated carbocycles. The summed E-state index contributed by atoms with van der Waals surface area (Å²) in [7, 11) is 0. The van der Waals surface area contributed by atoms with Crippen LogP contribution in [0, 0.1) is 0 Å². The molecule has 0 spiro atoms. The maximum Gasteiger partial charge on any atom is 0.408 e. The van der Waals surface area contributed by atoms with E-state index in [0.29, 0.717) is 10.6 Å². The molecule has 5 nitrogen and oxygen atoms in total. The van der Waals surface area contributed by atoms with E-state index < -0.39 is 23.7 Å². The van der Waals surface area contributed by atoms with Gasteiger partial charge in [-0.25, -0.2) is 9.59 Å². The number of hydrogen-bond acceptors (Lipinski definition) is 3. The topological polar surface area (TPSA) is 75.6 Å². The second kappa shape index (κ2) is 10.1. The molecule has 0 aliphatic rings. The van der Waals surface area contributed by atoms with E-state index in [0.717, 1.165) is 0 Å². The number of aliphatic carboxylic acids is 1. The second-order valence-corrected chi connectivity index (χ2v) is 6.45. The summed E-state index contributed by atoms with van der Waals surface area (Å²) in [5.74, 6) is -1.14. The van der Waals surface area contributed by atoms with E-state index in [1.54, 1.807) is 45.0 Å². The van der Waals surface area contributed by atoms with Crippen molar-refractivity contribution in [2.45, 2.75) is 59.1 Å². The lowest BCUT2D eigenvalue weighted by Gasteiger charge is -2.22. The summed E-state index contributed by atoms with van der Waals surface area (Å²) < 4.78 is 5.04. The Kier molecular flexibility index (Phi) is 9.34. The predicted molar refractivity (Wildman–Crippen MR) is 91.9 cm³/mol. The number of carboxylic acid groups (broad SMARTS) is 1. The van der Waals surface area contributed by atoms with Gasteiger partial charge in [-0.05, 0) is 32.4 Å². The van der Waals surface area contributed by atoms with Crippen LogP contribution < -0.4 is 5.32 Å². The summed E-state index contributed by atoms with van der Waals surface area (Å²) in [6.45, 7) is 9.36. The van der Waals surface area contributed by atoms with Crippen molar-refractivity contribution in [2.75, 3.05) is 0 Å². The van der Waals surface area contributed by atoms with E-state index in [4.69, 9.17) is 21.4 Å². The van der Waals surface area contributed by atoms with Gasteiger partial charge in [0.1, 0.15) is 11.6 Å². The Labute approximate surface area is 143 Å². The summed E-state index contributed by atoms with van der Waals surface area (Å²) in [6, 6.07) is 5.80. The van der Waals surface area contributed by atoms with Crippen LogP contribution in [-0.4, -0.2) is 28.8 Å². The van der Waals surface area contributed by atoms with Crippen molar-refractivity contribution >= 4 is 23.7 Å². The maximum atomic E-state index is 11.6. The second-order valence-electron chi connectivity index (χ2n) is 6.04. The molecule has 1 aromatic rings. The third kappa shape index (κ3) is 9.79. The molecular weight excluding hydrogens is 318 g/mol. The largest absolute Gasteiger partial charge is 0.480 e. The van der Waals surface area contributed by atoms with Crippen LogP contribution in [0.25, 0.3) is 0 Å². The van der Waals surface area contributed by atoms with Gasteiger partial charge in [0.25, 0.3) is 0 Å². The van der Waals surface area contributed by atoms with Gasteiger partial charge in [0, 0.05) is 11.4 Å². The first-order valence-electron chi connectivity index (χ1n) is 7.56. The number of carbonyl (C=O) groups excluding carboxylic acids is 1. The first kappa shape index (κ1) is 21.2. The number of nitrogens with one attached hydrogen (secondary N) is 1. The van der Waals surface area contributed by atoms with E-state index in [1.807, 2.05) is 0 Å². The van der Waals surface area contributed by atoms with Crippen molar-refractivity contribution in [3.63, 3.8) is 0 Å². The SMILES string of the molecule is CC(C)(C)OC(=O)NC(Cc1ccccc1Cl)C(=O)O.CCC. The number of ether oxygens (including phenoxy) is 1. The third-order valence-corrected chi connectivity index (χ3v) is 2.74.